The normalized spacial score (nSPS) is 10.9. The molecule has 2 aromatic rings. The highest BCUT2D eigenvalue weighted by molar-refractivity contribution is 6.13. The van der Waals surface area contributed by atoms with Crippen LogP contribution in [0, 0.1) is 0 Å². The van der Waals surface area contributed by atoms with Gasteiger partial charge in [0.25, 0.3) is 0 Å². The van der Waals surface area contributed by atoms with Crippen LogP contribution < -0.4 is 9.47 Å². The van der Waals surface area contributed by atoms with E-state index in [0.29, 0.717) is 35.8 Å². The Balaban J connectivity index is 1.73. The van der Waals surface area contributed by atoms with Gasteiger partial charge in [0.2, 0.25) is 0 Å². The Morgan fingerprint density at radius 2 is 0.919 bits per heavy atom. The number of Topliss-reactive ketones (excluding diaryl/α,β-unsaturated/α-hetero) is 2. The molecule has 0 amide bonds. The van der Waals surface area contributed by atoms with E-state index in [2.05, 4.69) is 13.8 Å². The fourth-order valence-corrected chi connectivity index (χ4v) is 4.37. The van der Waals surface area contributed by atoms with Gasteiger partial charge in [-0.25, -0.2) is 0 Å². The maximum absolute atomic E-state index is 12.8. The number of carbonyl (C=O) groups excluding carboxylic acids is 2. The van der Waals surface area contributed by atoms with Crippen LogP contribution in [0.2, 0.25) is 0 Å². The van der Waals surface area contributed by atoms with Gasteiger partial charge in [0.15, 0.2) is 11.6 Å². The summed E-state index contributed by atoms with van der Waals surface area (Å²) in [6, 6.07) is 14.4. The zero-order chi connectivity index (χ0) is 26.6. The molecule has 2 aromatic carbocycles. The van der Waals surface area contributed by atoms with Crippen molar-refractivity contribution < 1.29 is 19.1 Å². The molecule has 4 heteroatoms. The maximum atomic E-state index is 12.8. The first kappa shape index (κ1) is 30.6. The molecule has 2 rings (SSSR count). The van der Waals surface area contributed by atoms with Gasteiger partial charge in [-0.3, -0.25) is 9.59 Å². The van der Waals surface area contributed by atoms with Crippen LogP contribution in [0.15, 0.2) is 48.5 Å². The molecular formula is C33H48O4. The largest absolute Gasteiger partial charge is 0.494 e. The molecule has 37 heavy (non-hydrogen) atoms. The molecule has 0 fully saturated rings. The topological polar surface area (TPSA) is 52.6 Å². The van der Waals surface area contributed by atoms with Crippen molar-refractivity contribution in [2.24, 2.45) is 0 Å². The minimum Gasteiger partial charge on any atom is -0.494 e. The van der Waals surface area contributed by atoms with Gasteiger partial charge in [-0.15, -0.1) is 0 Å². The molecule has 0 spiro atoms. The van der Waals surface area contributed by atoms with E-state index in [1.54, 1.807) is 24.3 Å². The first-order chi connectivity index (χ1) is 18.1. The smallest absolute Gasteiger partial charge is 0.170 e. The fraction of sp³-hybridized carbons (Fsp3) is 0.576. The quantitative estimate of drug-likeness (QED) is 0.0903. The van der Waals surface area contributed by atoms with Crippen LogP contribution in [0.4, 0.5) is 0 Å². The summed E-state index contributed by atoms with van der Waals surface area (Å²) in [5.74, 6) is 0.983. The highest BCUT2D eigenvalue weighted by Gasteiger charge is 2.15. The highest BCUT2D eigenvalue weighted by atomic mass is 16.5. The molecule has 0 N–H and O–H groups in total. The lowest BCUT2D eigenvalue weighted by atomic mass is 10.0. The molecule has 0 aliphatic heterocycles. The molecule has 0 aliphatic carbocycles. The van der Waals surface area contributed by atoms with Crippen LogP contribution in [-0.4, -0.2) is 24.8 Å². The van der Waals surface area contributed by atoms with Gasteiger partial charge < -0.3 is 9.47 Å². The molecule has 0 saturated carbocycles. The van der Waals surface area contributed by atoms with Crippen molar-refractivity contribution in [1.82, 2.24) is 0 Å². The van der Waals surface area contributed by atoms with Crippen molar-refractivity contribution in [3.63, 3.8) is 0 Å². The summed E-state index contributed by atoms with van der Waals surface area (Å²) in [5.41, 5.74) is 1.02. The van der Waals surface area contributed by atoms with Gasteiger partial charge in [-0.1, -0.05) is 115 Å². The second kappa shape index (κ2) is 19.5. The van der Waals surface area contributed by atoms with Crippen LogP contribution in [0.1, 0.15) is 131 Å². The van der Waals surface area contributed by atoms with E-state index in [0.717, 1.165) is 12.8 Å². The molecule has 0 saturated heterocycles. The standard InChI is InChI=1S/C33H48O4/c1-3-5-7-9-11-13-15-23-36-30-21-17-19-28(25-30)32(34)27-33(35)29-20-18-22-31(26-29)37-24-16-14-12-10-8-6-4-2/h17-22,25-26H,3-16,23-24,27H2,1-2H3. The van der Waals surface area contributed by atoms with Gasteiger partial charge >= 0.3 is 0 Å². The summed E-state index contributed by atoms with van der Waals surface area (Å²) < 4.78 is 11.7. The van der Waals surface area contributed by atoms with Crippen molar-refractivity contribution >= 4 is 11.6 Å². The minimum absolute atomic E-state index is 0.164. The predicted octanol–water partition coefficient (Wildman–Crippen LogP) is 9.40. The number of carbonyl (C=O) groups is 2. The Hall–Kier alpha value is -2.62. The van der Waals surface area contributed by atoms with E-state index in [1.165, 1.54) is 77.0 Å². The molecule has 0 radical (unpaired) electrons. The number of ketones is 2. The molecule has 0 bridgehead atoms. The molecule has 0 aliphatic rings. The van der Waals surface area contributed by atoms with Crippen LogP contribution in [-0.2, 0) is 0 Å². The number of hydrogen-bond donors (Lipinski definition) is 0. The van der Waals surface area contributed by atoms with E-state index < -0.39 is 0 Å². The van der Waals surface area contributed by atoms with E-state index in [9.17, 15) is 9.59 Å². The molecule has 0 heterocycles. The van der Waals surface area contributed by atoms with Gasteiger partial charge in [-0.05, 0) is 37.1 Å². The maximum Gasteiger partial charge on any atom is 0.170 e. The number of benzene rings is 2. The highest BCUT2D eigenvalue weighted by Crippen LogP contribution is 2.19. The average molecular weight is 509 g/mol. The Morgan fingerprint density at radius 1 is 0.541 bits per heavy atom. The zero-order valence-electron chi connectivity index (χ0n) is 23.3. The second-order valence-corrected chi connectivity index (χ2v) is 10.0. The molecule has 204 valence electrons. The van der Waals surface area contributed by atoms with Gasteiger partial charge in [-0.2, -0.15) is 0 Å². The van der Waals surface area contributed by atoms with Crippen LogP contribution in [0.3, 0.4) is 0 Å². The van der Waals surface area contributed by atoms with Crippen molar-refractivity contribution in [1.29, 1.82) is 0 Å². The lowest BCUT2D eigenvalue weighted by Crippen LogP contribution is -2.09. The Labute approximate surface area is 225 Å². The predicted molar refractivity (Wildman–Crippen MR) is 153 cm³/mol. The SMILES string of the molecule is CCCCCCCCCOc1cccc(C(=O)CC(=O)c2cccc(OCCCCCCCCC)c2)c1. The first-order valence-corrected chi connectivity index (χ1v) is 14.7. The Morgan fingerprint density at radius 3 is 1.32 bits per heavy atom. The summed E-state index contributed by atoms with van der Waals surface area (Å²) >= 11 is 0. The third-order valence-corrected chi connectivity index (χ3v) is 6.67. The minimum atomic E-state index is -0.194. The van der Waals surface area contributed by atoms with Crippen molar-refractivity contribution in [2.75, 3.05) is 13.2 Å². The van der Waals surface area contributed by atoms with Crippen LogP contribution in [0.25, 0.3) is 0 Å². The summed E-state index contributed by atoms with van der Waals surface area (Å²) in [7, 11) is 0. The molecule has 0 aromatic heterocycles. The summed E-state index contributed by atoms with van der Waals surface area (Å²) in [6.07, 6.45) is 17.1. The first-order valence-electron chi connectivity index (χ1n) is 14.7. The summed E-state index contributed by atoms with van der Waals surface area (Å²) in [4.78, 5) is 25.6. The lowest BCUT2D eigenvalue weighted by Gasteiger charge is -2.09. The van der Waals surface area contributed by atoms with E-state index in [1.807, 2.05) is 24.3 Å². The van der Waals surface area contributed by atoms with Crippen molar-refractivity contribution in [3.05, 3.63) is 59.7 Å². The fourth-order valence-electron chi connectivity index (χ4n) is 4.37. The number of rotatable bonds is 22. The molecular weight excluding hydrogens is 460 g/mol. The molecule has 4 nitrogen and oxygen atoms in total. The molecule has 0 atom stereocenters. The Kier molecular flexibility index (Phi) is 16.1. The molecule has 0 unspecified atom stereocenters. The third-order valence-electron chi connectivity index (χ3n) is 6.67. The summed E-state index contributed by atoms with van der Waals surface area (Å²) in [5, 5.41) is 0. The van der Waals surface area contributed by atoms with Crippen molar-refractivity contribution in [2.45, 2.75) is 110 Å². The van der Waals surface area contributed by atoms with Gasteiger partial charge in [0, 0.05) is 11.1 Å². The van der Waals surface area contributed by atoms with E-state index >= 15 is 0 Å². The summed E-state index contributed by atoms with van der Waals surface area (Å²) in [6.45, 7) is 5.76. The number of ether oxygens (including phenoxy) is 2. The van der Waals surface area contributed by atoms with Crippen LogP contribution in [0.5, 0.6) is 11.5 Å². The second-order valence-electron chi connectivity index (χ2n) is 10.0. The monoisotopic (exact) mass is 508 g/mol. The van der Waals surface area contributed by atoms with Gasteiger partial charge in [0.05, 0.1) is 19.6 Å². The zero-order valence-corrected chi connectivity index (χ0v) is 23.3. The average Bonchev–Trinajstić information content (AvgIpc) is 2.92. The van der Waals surface area contributed by atoms with E-state index in [4.69, 9.17) is 9.47 Å². The Bertz CT molecular complexity index is 831. The van der Waals surface area contributed by atoms with Crippen LogP contribution >= 0.6 is 0 Å². The number of hydrogen-bond acceptors (Lipinski definition) is 4. The number of unbranched alkanes of at least 4 members (excludes halogenated alkanes) is 12. The van der Waals surface area contributed by atoms with Gasteiger partial charge in [0.1, 0.15) is 11.5 Å². The lowest BCUT2D eigenvalue weighted by molar-refractivity contribution is 0.0893. The third kappa shape index (κ3) is 13.5. The van der Waals surface area contributed by atoms with Crippen molar-refractivity contribution in [3.8, 4) is 11.5 Å². The van der Waals surface area contributed by atoms with E-state index in [-0.39, 0.29) is 18.0 Å².